The second-order valence-electron chi connectivity index (χ2n) is 6.02. The fourth-order valence-corrected chi connectivity index (χ4v) is 2.93. The predicted molar refractivity (Wildman–Crippen MR) is 104 cm³/mol. The molecule has 134 valence electrons. The Kier molecular flexibility index (Phi) is 4.65. The zero-order valence-electron chi connectivity index (χ0n) is 14.1. The van der Waals surface area contributed by atoms with Gasteiger partial charge in [-0.1, -0.05) is 41.9 Å². The second-order valence-corrected chi connectivity index (χ2v) is 6.46. The number of benzene rings is 3. The lowest BCUT2D eigenvalue weighted by Crippen LogP contribution is -2.05. The Hall–Kier alpha value is -3.11. The smallest absolute Gasteiger partial charge is 0.200 e. The Labute approximate surface area is 159 Å². The van der Waals surface area contributed by atoms with Crippen LogP contribution in [-0.4, -0.2) is 0 Å². The van der Waals surface area contributed by atoms with Gasteiger partial charge in [0.1, 0.15) is 30.0 Å². The summed E-state index contributed by atoms with van der Waals surface area (Å²) < 4.78 is 25.0. The fraction of sp³-hybridized carbons (Fsp3) is 0.0455. The Morgan fingerprint density at radius 3 is 2.56 bits per heavy atom. The van der Waals surface area contributed by atoms with Crippen LogP contribution in [0.2, 0.25) is 5.02 Å². The molecule has 0 aliphatic rings. The summed E-state index contributed by atoms with van der Waals surface area (Å²) in [6, 6.07) is 18.4. The van der Waals surface area contributed by atoms with E-state index in [2.05, 4.69) is 0 Å². The second kappa shape index (κ2) is 7.25. The number of halogens is 2. The van der Waals surface area contributed by atoms with E-state index >= 15 is 0 Å². The van der Waals surface area contributed by atoms with Crippen molar-refractivity contribution in [3.05, 3.63) is 99.6 Å². The average Bonchev–Trinajstić information content (AvgIpc) is 2.68. The van der Waals surface area contributed by atoms with Gasteiger partial charge in [0.05, 0.1) is 10.9 Å². The fourth-order valence-electron chi connectivity index (χ4n) is 2.80. The van der Waals surface area contributed by atoms with E-state index in [0.717, 1.165) is 5.56 Å². The van der Waals surface area contributed by atoms with E-state index in [-0.39, 0.29) is 17.9 Å². The molecule has 0 aliphatic heterocycles. The Morgan fingerprint density at radius 2 is 1.78 bits per heavy atom. The van der Waals surface area contributed by atoms with Gasteiger partial charge in [0.25, 0.3) is 0 Å². The molecule has 0 fully saturated rings. The first-order valence-corrected chi connectivity index (χ1v) is 8.67. The zero-order chi connectivity index (χ0) is 18.8. The molecule has 0 radical (unpaired) electrons. The molecule has 27 heavy (non-hydrogen) atoms. The van der Waals surface area contributed by atoms with Gasteiger partial charge in [-0.2, -0.15) is 0 Å². The van der Waals surface area contributed by atoms with Gasteiger partial charge in [-0.15, -0.1) is 0 Å². The van der Waals surface area contributed by atoms with Crippen molar-refractivity contribution in [1.82, 2.24) is 0 Å². The van der Waals surface area contributed by atoms with Crippen LogP contribution in [0.3, 0.4) is 0 Å². The summed E-state index contributed by atoms with van der Waals surface area (Å²) >= 11 is 5.90. The largest absolute Gasteiger partial charge is 0.489 e. The maximum atomic E-state index is 13.7. The van der Waals surface area contributed by atoms with E-state index in [1.54, 1.807) is 60.7 Å². The van der Waals surface area contributed by atoms with Crippen LogP contribution < -0.4 is 10.2 Å². The molecule has 0 unspecified atom stereocenters. The van der Waals surface area contributed by atoms with Gasteiger partial charge in [-0.3, -0.25) is 4.79 Å². The van der Waals surface area contributed by atoms with Crippen LogP contribution in [0.1, 0.15) is 5.56 Å². The van der Waals surface area contributed by atoms with Crippen molar-refractivity contribution < 1.29 is 13.5 Å². The number of hydrogen-bond donors (Lipinski definition) is 0. The molecule has 0 saturated heterocycles. The van der Waals surface area contributed by atoms with Gasteiger partial charge >= 0.3 is 0 Å². The van der Waals surface area contributed by atoms with Gasteiger partial charge in [-0.25, -0.2) is 4.39 Å². The SMILES string of the molecule is O=c1c(-c2ccc(Cl)cc2)coc2cc(OCc3ccccc3F)ccc12. The van der Waals surface area contributed by atoms with Crippen LogP contribution in [0.5, 0.6) is 5.75 Å². The van der Waals surface area contributed by atoms with Crippen LogP contribution in [0.4, 0.5) is 4.39 Å². The summed E-state index contributed by atoms with van der Waals surface area (Å²) in [6.07, 6.45) is 1.43. The van der Waals surface area contributed by atoms with Gasteiger partial charge in [-0.05, 0) is 35.9 Å². The van der Waals surface area contributed by atoms with Crippen molar-refractivity contribution in [3.8, 4) is 16.9 Å². The third-order valence-corrected chi connectivity index (χ3v) is 4.51. The molecule has 0 bridgehead atoms. The first-order chi connectivity index (χ1) is 13.1. The lowest BCUT2D eigenvalue weighted by Gasteiger charge is -2.08. The van der Waals surface area contributed by atoms with E-state index in [0.29, 0.717) is 32.9 Å². The Bertz CT molecular complexity index is 1170. The molecular formula is C22H14ClFO3. The van der Waals surface area contributed by atoms with Crippen LogP contribution in [0.25, 0.3) is 22.1 Å². The standard InChI is InChI=1S/C22H14ClFO3/c23-16-7-5-14(6-8-16)19-13-27-21-11-17(9-10-18(21)22(19)25)26-12-15-3-1-2-4-20(15)24/h1-11,13H,12H2. The molecule has 1 heterocycles. The minimum atomic E-state index is -0.322. The van der Waals surface area contributed by atoms with Crippen molar-refractivity contribution >= 4 is 22.6 Å². The van der Waals surface area contributed by atoms with Gasteiger partial charge in [0.2, 0.25) is 0 Å². The van der Waals surface area contributed by atoms with E-state index in [1.807, 2.05) is 0 Å². The lowest BCUT2D eigenvalue weighted by molar-refractivity contribution is 0.300. The van der Waals surface area contributed by atoms with Crippen molar-refractivity contribution in [3.63, 3.8) is 0 Å². The lowest BCUT2D eigenvalue weighted by atomic mass is 10.1. The number of fused-ring (bicyclic) bond motifs is 1. The van der Waals surface area contributed by atoms with Crippen molar-refractivity contribution in [2.75, 3.05) is 0 Å². The molecule has 3 nitrogen and oxygen atoms in total. The first kappa shape index (κ1) is 17.3. The van der Waals surface area contributed by atoms with Gasteiger partial charge in [0.15, 0.2) is 5.43 Å². The molecule has 0 spiro atoms. The highest BCUT2D eigenvalue weighted by Gasteiger charge is 2.10. The number of rotatable bonds is 4. The van der Waals surface area contributed by atoms with Crippen LogP contribution >= 0.6 is 11.6 Å². The summed E-state index contributed by atoms with van der Waals surface area (Å²) in [5.41, 5.74) is 1.91. The molecule has 5 heteroatoms. The zero-order valence-corrected chi connectivity index (χ0v) is 14.9. The molecule has 1 aromatic heterocycles. The highest BCUT2D eigenvalue weighted by Crippen LogP contribution is 2.24. The first-order valence-electron chi connectivity index (χ1n) is 8.29. The summed E-state index contributed by atoms with van der Waals surface area (Å²) in [5.74, 6) is 0.172. The summed E-state index contributed by atoms with van der Waals surface area (Å²) in [6.45, 7) is 0.0886. The molecule has 0 N–H and O–H groups in total. The molecule has 4 aromatic rings. The number of ether oxygens (including phenoxy) is 1. The van der Waals surface area contributed by atoms with Crippen LogP contribution in [-0.2, 0) is 6.61 Å². The molecule has 0 aliphatic carbocycles. The predicted octanol–water partition coefficient (Wildman–Crippen LogP) is 5.83. The highest BCUT2D eigenvalue weighted by molar-refractivity contribution is 6.30. The summed E-state index contributed by atoms with van der Waals surface area (Å²) in [5, 5.41) is 1.04. The van der Waals surface area contributed by atoms with Crippen molar-refractivity contribution in [2.45, 2.75) is 6.61 Å². The monoisotopic (exact) mass is 380 g/mol. The van der Waals surface area contributed by atoms with E-state index < -0.39 is 0 Å². The van der Waals surface area contributed by atoms with Crippen molar-refractivity contribution in [2.24, 2.45) is 0 Å². The quantitative estimate of drug-likeness (QED) is 0.447. The third kappa shape index (κ3) is 3.57. The molecule has 0 saturated carbocycles. The van der Waals surface area contributed by atoms with Gasteiger partial charge in [0, 0.05) is 16.7 Å². The summed E-state index contributed by atoms with van der Waals surface area (Å²) in [7, 11) is 0. The van der Waals surface area contributed by atoms with Gasteiger partial charge < -0.3 is 9.15 Å². The minimum Gasteiger partial charge on any atom is -0.489 e. The van der Waals surface area contributed by atoms with Crippen LogP contribution in [0, 0.1) is 5.82 Å². The molecule has 3 aromatic carbocycles. The maximum absolute atomic E-state index is 13.7. The maximum Gasteiger partial charge on any atom is 0.200 e. The van der Waals surface area contributed by atoms with E-state index in [9.17, 15) is 9.18 Å². The molecule has 4 rings (SSSR count). The van der Waals surface area contributed by atoms with E-state index in [4.69, 9.17) is 20.8 Å². The normalized spacial score (nSPS) is 10.9. The highest BCUT2D eigenvalue weighted by atomic mass is 35.5. The van der Waals surface area contributed by atoms with Crippen LogP contribution in [0.15, 0.2) is 82.2 Å². The summed E-state index contributed by atoms with van der Waals surface area (Å²) in [4.78, 5) is 12.8. The Balaban J connectivity index is 1.64. The molecular weight excluding hydrogens is 367 g/mol. The molecule has 0 atom stereocenters. The third-order valence-electron chi connectivity index (χ3n) is 4.25. The van der Waals surface area contributed by atoms with E-state index in [1.165, 1.54) is 12.3 Å². The van der Waals surface area contributed by atoms with Crippen molar-refractivity contribution in [1.29, 1.82) is 0 Å². The molecule has 0 amide bonds. The topological polar surface area (TPSA) is 39.4 Å². The number of hydrogen-bond acceptors (Lipinski definition) is 3. The average molecular weight is 381 g/mol. The Morgan fingerprint density at radius 1 is 1.00 bits per heavy atom. The minimum absolute atomic E-state index is 0.0886.